The zero-order chi connectivity index (χ0) is 11.8. The van der Waals surface area contributed by atoms with Crippen LogP contribution in [0.25, 0.3) is 0 Å². The summed E-state index contributed by atoms with van der Waals surface area (Å²) in [7, 11) is 2.29. The van der Waals surface area contributed by atoms with Crippen molar-refractivity contribution in [2.75, 3.05) is 13.6 Å². The van der Waals surface area contributed by atoms with Gasteiger partial charge >= 0.3 is 0 Å². The van der Waals surface area contributed by atoms with Crippen molar-refractivity contribution in [1.29, 1.82) is 0 Å². The van der Waals surface area contributed by atoms with E-state index in [9.17, 15) is 0 Å². The third-order valence-corrected chi connectivity index (χ3v) is 5.22. The molecule has 94 valence electrons. The summed E-state index contributed by atoms with van der Waals surface area (Å²) < 4.78 is 0. The zero-order valence-electron chi connectivity index (χ0n) is 10.5. The number of thiophene rings is 1. The Hall–Kier alpha value is -0.380. The Balaban J connectivity index is 1.78. The van der Waals surface area contributed by atoms with Crippen LogP contribution in [-0.2, 0) is 0 Å². The van der Waals surface area contributed by atoms with Crippen LogP contribution in [0.4, 0.5) is 0 Å². The highest BCUT2D eigenvalue weighted by atomic mass is 32.1. The van der Waals surface area contributed by atoms with Gasteiger partial charge in [-0.05, 0) is 56.0 Å². The maximum absolute atomic E-state index is 5.99. The van der Waals surface area contributed by atoms with Crippen LogP contribution in [0.15, 0.2) is 17.5 Å². The standard InChI is InChI=1S/C14H22N2S/c1-16(12(9-15)10-4-5-10)14(11-6-7-11)13-3-2-8-17-13/h2-3,8,10-12,14H,4-7,9,15H2,1H3. The van der Waals surface area contributed by atoms with Gasteiger partial charge in [0.05, 0.1) is 0 Å². The smallest absolute Gasteiger partial charge is 0.0470 e. The molecule has 0 saturated heterocycles. The molecule has 17 heavy (non-hydrogen) atoms. The first-order chi connectivity index (χ1) is 8.31. The molecule has 1 aromatic heterocycles. The summed E-state index contributed by atoms with van der Waals surface area (Å²) in [6.45, 7) is 0.815. The third kappa shape index (κ3) is 2.42. The summed E-state index contributed by atoms with van der Waals surface area (Å²) >= 11 is 1.91. The summed E-state index contributed by atoms with van der Waals surface area (Å²) in [5.41, 5.74) is 5.99. The Morgan fingerprint density at radius 1 is 1.35 bits per heavy atom. The summed E-state index contributed by atoms with van der Waals surface area (Å²) in [6.07, 6.45) is 5.56. The largest absolute Gasteiger partial charge is 0.329 e. The van der Waals surface area contributed by atoms with Crippen LogP contribution >= 0.6 is 11.3 Å². The van der Waals surface area contributed by atoms with Gasteiger partial charge in [-0.2, -0.15) is 0 Å². The highest BCUT2D eigenvalue weighted by molar-refractivity contribution is 7.10. The number of hydrogen-bond donors (Lipinski definition) is 1. The lowest BCUT2D eigenvalue weighted by Gasteiger charge is -2.34. The second-order valence-corrected chi connectivity index (χ2v) is 6.58. The molecule has 0 bridgehead atoms. The maximum Gasteiger partial charge on any atom is 0.0470 e. The van der Waals surface area contributed by atoms with Crippen LogP contribution in [0.5, 0.6) is 0 Å². The van der Waals surface area contributed by atoms with E-state index in [-0.39, 0.29) is 0 Å². The Kier molecular flexibility index (Phi) is 3.24. The molecule has 0 radical (unpaired) electrons. The number of nitrogens with two attached hydrogens (primary N) is 1. The van der Waals surface area contributed by atoms with Crippen molar-refractivity contribution in [1.82, 2.24) is 4.90 Å². The van der Waals surface area contributed by atoms with Crippen molar-refractivity contribution in [3.05, 3.63) is 22.4 Å². The van der Waals surface area contributed by atoms with E-state index in [0.717, 1.165) is 18.4 Å². The van der Waals surface area contributed by atoms with E-state index < -0.39 is 0 Å². The maximum atomic E-state index is 5.99. The van der Waals surface area contributed by atoms with Crippen molar-refractivity contribution < 1.29 is 0 Å². The average molecular weight is 250 g/mol. The molecule has 2 aliphatic carbocycles. The van der Waals surface area contributed by atoms with E-state index in [2.05, 4.69) is 29.5 Å². The minimum Gasteiger partial charge on any atom is -0.329 e. The molecule has 0 amide bonds. The molecule has 2 aliphatic rings. The van der Waals surface area contributed by atoms with Gasteiger partial charge in [0.25, 0.3) is 0 Å². The summed E-state index contributed by atoms with van der Waals surface area (Å²) in [4.78, 5) is 4.12. The van der Waals surface area contributed by atoms with Crippen LogP contribution in [0.2, 0.25) is 0 Å². The Labute approximate surface area is 108 Å². The number of likely N-dealkylation sites (N-methyl/N-ethyl adjacent to an activating group) is 1. The van der Waals surface area contributed by atoms with Gasteiger partial charge in [0.2, 0.25) is 0 Å². The van der Waals surface area contributed by atoms with Crippen molar-refractivity contribution in [2.24, 2.45) is 17.6 Å². The van der Waals surface area contributed by atoms with Crippen molar-refractivity contribution in [3.63, 3.8) is 0 Å². The van der Waals surface area contributed by atoms with Crippen LogP contribution < -0.4 is 5.73 Å². The molecule has 0 spiro atoms. The average Bonchev–Trinajstić information content (AvgIpc) is 3.22. The summed E-state index contributed by atoms with van der Waals surface area (Å²) in [6, 6.07) is 5.70. The minimum absolute atomic E-state index is 0.600. The Morgan fingerprint density at radius 3 is 2.53 bits per heavy atom. The van der Waals surface area contributed by atoms with Gasteiger partial charge in [0.1, 0.15) is 0 Å². The lowest BCUT2D eigenvalue weighted by molar-refractivity contribution is 0.145. The fourth-order valence-corrected chi connectivity index (χ4v) is 3.99. The second-order valence-electron chi connectivity index (χ2n) is 5.60. The molecular weight excluding hydrogens is 228 g/mol. The molecular formula is C14H22N2S. The second kappa shape index (κ2) is 4.71. The Morgan fingerprint density at radius 2 is 2.06 bits per heavy atom. The first-order valence-electron chi connectivity index (χ1n) is 6.76. The molecule has 2 nitrogen and oxygen atoms in total. The van der Waals surface area contributed by atoms with Crippen LogP contribution in [-0.4, -0.2) is 24.5 Å². The predicted octanol–water partition coefficient (Wildman–Crippen LogP) is 2.87. The highest BCUT2D eigenvalue weighted by Crippen LogP contribution is 2.48. The van der Waals surface area contributed by atoms with Crippen LogP contribution in [0, 0.1) is 11.8 Å². The van der Waals surface area contributed by atoms with Gasteiger partial charge < -0.3 is 5.73 Å². The van der Waals surface area contributed by atoms with E-state index in [1.807, 2.05) is 11.3 Å². The molecule has 0 aliphatic heterocycles. The molecule has 2 saturated carbocycles. The third-order valence-electron chi connectivity index (χ3n) is 4.27. The fourth-order valence-electron chi connectivity index (χ4n) is 3.02. The van der Waals surface area contributed by atoms with Gasteiger partial charge in [-0.1, -0.05) is 6.07 Å². The zero-order valence-corrected chi connectivity index (χ0v) is 11.3. The molecule has 1 aromatic rings. The first-order valence-corrected chi connectivity index (χ1v) is 7.64. The van der Waals surface area contributed by atoms with Crippen LogP contribution in [0.1, 0.15) is 36.6 Å². The lowest BCUT2D eigenvalue weighted by Crippen LogP contribution is -2.42. The fraction of sp³-hybridized carbons (Fsp3) is 0.714. The summed E-state index contributed by atoms with van der Waals surface area (Å²) in [5.74, 6) is 1.75. The van der Waals surface area contributed by atoms with E-state index >= 15 is 0 Å². The topological polar surface area (TPSA) is 29.3 Å². The van der Waals surface area contributed by atoms with E-state index in [1.165, 1.54) is 30.6 Å². The lowest BCUT2D eigenvalue weighted by atomic mass is 10.0. The van der Waals surface area contributed by atoms with Crippen LogP contribution in [0.3, 0.4) is 0 Å². The molecule has 1 heterocycles. The highest BCUT2D eigenvalue weighted by Gasteiger charge is 2.41. The molecule has 2 atom stereocenters. The van der Waals surface area contributed by atoms with Gasteiger partial charge in [0, 0.05) is 23.5 Å². The molecule has 2 N–H and O–H groups in total. The Bertz CT molecular complexity index is 354. The molecule has 3 heteroatoms. The number of hydrogen-bond acceptors (Lipinski definition) is 3. The SMILES string of the molecule is CN(C(CN)C1CC1)C(c1cccs1)C1CC1. The van der Waals surface area contributed by atoms with E-state index in [1.54, 1.807) is 0 Å². The van der Waals surface area contributed by atoms with Gasteiger partial charge in [-0.25, -0.2) is 0 Å². The molecule has 3 rings (SSSR count). The summed E-state index contributed by atoms with van der Waals surface area (Å²) in [5, 5.41) is 2.20. The van der Waals surface area contributed by atoms with Crippen molar-refractivity contribution in [2.45, 2.75) is 37.8 Å². The van der Waals surface area contributed by atoms with E-state index in [0.29, 0.717) is 12.1 Å². The first kappa shape index (κ1) is 11.7. The quantitative estimate of drug-likeness (QED) is 0.841. The van der Waals surface area contributed by atoms with Gasteiger partial charge in [-0.15, -0.1) is 11.3 Å². The van der Waals surface area contributed by atoms with Gasteiger partial charge in [-0.3, -0.25) is 4.90 Å². The molecule has 2 unspecified atom stereocenters. The van der Waals surface area contributed by atoms with Crippen molar-refractivity contribution >= 4 is 11.3 Å². The molecule has 0 aromatic carbocycles. The number of nitrogens with zero attached hydrogens (tertiary/aromatic N) is 1. The molecule has 2 fully saturated rings. The normalized spacial score (nSPS) is 23.9. The predicted molar refractivity (Wildman–Crippen MR) is 73.1 cm³/mol. The van der Waals surface area contributed by atoms with Crippen molar-refractivity contribution in [3.8, 4) is 0 Å². The monoisotopic (exact) mass is 250 g/mol. The van der Waals surface area contributed by atoms with E-state index in [4.69, 9.17) is 5.73 Å². The number of rotatable bonds is 6. The van der Waals surface area contributed by atoms with Gasteiger partial charge in [0.15, 0.2) is 0 Å². The minimum atomic E-state index is 0.600.